The van der Waals surface area contributed by atoms with Crippen molar-refractivity contribution >= 4 is 23.6 Å². The molecule has 0 aliphatic heterocycles. The first-order valence-corrected chi connectivity index (χ1v) is 6.49. The van der Waals surface area contributed by atoms with E-state index < -0.39 is 30.4 Å². The first-order chi connectivity index (χ1) is 9.85. The van der Waals surface area contributed by atoms with Gasteiger partial charge < -0.3 is 16.2 Å². The zero-order chi connectivity index (χ0) is 16.0. The van der Waals surface area contributed by atoms with Gasteiger partial charge in [0.1, 0.15) is 6.04 Å². The number of carboxylic acid groups (broad SMARTS) is 1. The van der Waals surface area contributed by atoms with Crippen molar-refractivity contribution in [1.82, 2.24) is 5.32 Å². The highest BCUT2D eigenvalue weighted by molar-refractivity contribution is 5.95. The molecule has 0 radical (unpaired) electrons. The van der Waals surface area contributed by atoms with Gasteiger partial charge in [-0.3, -0.25) is 9.69 Å². The minimum atomic E-state index is -1.34. The molecule has 4 N–H and O–H groups in total. The van der Waals surface area contributed by atoms with Crippen molar-refractivity contribution < 1.29 is 19.5 Å². The molecule has 1 aromatic rings. The Morgan fingerprint density at radius 1 is 1.29 bits per heavy atom. The van der Waals surface area contributed by atoms with Crippen molar-refractivity contribution in [3.8, 4) is 0 Å². The Bertz CT molecular complexity index is 528. The fourth-order valence-corrected chi connectivity index (χ4v) is 1.72. The third-order valence-corrected chi connectivity index (χ3v) is 3.04. The number of hydrogen-bond acceptors (Lipinski definition) is 3. The first kappa shape index (κ1) is 16.5. The lowest BCUT2D eigenvalue weighted by atomic mass is 10.1. The molecular weight excluding hydrogens is 274 g/mol. The molecule has 3 amide bonds. The van der Waals surface area contributed by atoms with Crippen LogP contribution in [0.25, 0.3) is 0 Å². The van der Waals surface area contributed by atoms with Gasteiger partial charge in [-0.05, 0) is 24.1 Å². The topological polar surface area (TPSA) is 113 Å². The van der Waals surface area contributed by atoms with Crippen molar-refractivity contribution in [1.29, 1.82) is 0 Å². The van der Waals surface area contributed by atoms with Crippen molar-refractivity contribution in [3.63, 3.8) is 0 Å². The van der Waals surface area contributed by atoms with Crippen LogP contribution in [-0.2, 0) is 16.0 Å². The van der Waals surface area contributed by atoms with Gasteiger partial charge in [0, 0.05) is 12.7 Å². The van der Waals surface area contributed by atoms with Gasteiger partial charge in [-0.1, -0.05) is 19.1 Å². The molecule has 7 heteroatoms. The number of aryl methyl sites for hydroxylation is 1. The third-order valence-electron chi connectivity index (χ3n) is 3.04. The van der Waals surface area contributed by atoms with E-state index >= 15 is 0 Å². The number of carboxylic acids is 1. The quantitative estimate of drug-likeness (QED) is 0.717. The molecule has 7 nitrogen and oxygen atoms in total. The van der Waals surface area contributed by atoms with Crippen molar-refractivity contribution in [2.24, 2.45) is 5.73 Å². The highest BCUT2D eigenvalue weighted by Crippen LogP contribution is 2.14. The Morgan fingerprint density at radius 3 is 2.29 bits per heavy atom. The van der Waals surface area contributed by atoms with Gasteiger partial charge in [-0.2, -0.15) is 0 Å². The largest absolute Gasteiger partial charge is 0.480 e. The maximum Gasteiger partial charge on any atom is 0.326 e. The minimum absolute atomic E-state index is 0.455. The number of rotatable bonds is 6. The maximum absolute atomic E-state index is 12.0. The van der Waals surface area contributed by atoms with Crippen LogP contribution in [0.15, 0.2) is 24.3 Å². The number of aliphatic carboxylic acids is 1. The zero-order valence-corrected chi connectivity index (χ0v) is 12.0. The van der Waals surface area contributed by atoms with Crippen LogP contribution < -0.4 is 16.0 Å². The first-order valence-electron chi connectivity index (χ1n) is 6.49. The van der Waals surface area contributed by atoms with Gasteiger partial charge >= 0.3 is 12.0 Å². The van der Waals surface area contributed by atoms with Gasteiger partial charge in [0.2, 0.25) is 5.91 Å². The molecule has 21 heavy (non-hydrogen) atoms. The van der Waals surface area contributed by atoms with Gasteiger partial charge in [0.05, 0.1) is 6.42 Å². The number of amides is 3. The van der Waals surface area contributed by atoms with Crippen LogP contribution in [0, 0.1) is 0 Å². The van der Waals surface area contributed by atoms with E-state index in [0.29, 0.717) is 5.69 Å². The van der Waals surface area contributed by atoms with E-state index in [-0.39, 0.29) is 0 Å². The molecule has 0 aliphatic rings. The Labute approximate surface area is 122 Å². The smallest absolute Gasteiger partial charge is 0.326 e. The summed E-state index contributed by atoms with van der Waals surface area (Å²) < 4.78 is 0. The lowest BCUT2D eigenvalue weighted by Gasteiger charge is -2.21. The highest BCUT2D eigenvalue weighted by atomic mass is 16.4. The van der Waals surface area contributed by atoms with Crippen LogP contribution in [0.2, 0.25) is 0 Å². The van der Waals surface area contributed by atoms with Crippen LogP contribution in [0.1, 0.15) is 18.9 Å². The van der Waals surface area contributed by atoms with Gasteiger partial charge in [-0.25, -0.2) is 9.59 Å². The Balaban J connectivity index is 2.76. The molecule has 0 fully saturated rings. The number of anilines is 1. The molecule has 1 rings (SSSR count). The molecule has 0 bridgehead atoms. The molecule has 0 spiro atoms. The summed E-state index contributed by atoms with van der Waals surface area (Å²) in [6.07, 6.45) is 0.430. The normalized spacial score (nSPS) is 11.5. The number of nitrogens with zero attached hydrogens (tertiary/aromatic N) is 1. The molecule has 0 saturated heterocycles. The van der Waals surface area contributed by atoms with E-state index in [1.807, 2.05) is 19.1 Å². The van der Waals surface area contributed by atoms with Crippen LogP contribution >= 0.6 is 0 Å². The summed E-state index contributed by atoms with van der Waals surface area (Å²) in [5.41, 5.74) is 6.71. The van der Waals surface area contributed by atoms with Crippen molar-refractivity contribution in [2.45, 2.75) is 25.8 Å². The van der Waals surface area contributed by atoms with Crippen molar-refractivity contribution in [2.75, 3.05) is 11.9 Å². The molecule has 0 saturated carbocycles. The second kappa shape index (κ2) is 7.28. The van der Waals surface area contributed by atoms with E-state index in [9.17, 15) is 14.4 Å². The second-order valence-electron chi connectivity index (χ2n) is 4.59. The number of primary amides is 1. The van der Waals surface area contributed by atoms with Crippen LogP contribution in [0.4, 0.5) is 10.5 Å². The maximum atomic E-state index is 12.0. The third kappa shape index (κ3) is 4.79. The summed E-state index contributed by atoms with van der Waals surface area (Å²) in [5, 5.41) is 11.2. The number of hydrogen-bond donors (Lipinski definition) is 3. The van der Waals surface area contributed by atoms with E-state index in [1.165, 1.54) is 11.9 Å². The van der Waals surface area contributed by atoms with Crippen LogP contribution in [0.3, 0.4) is 0 Å². The monoisotopic (exact) mass is 293 g/mol. The summed E-state index contributed by atoms with van der Waals surface area (Å²) >= 11 is 0. The van der Waals surface area contributed by atoms with Gasteiger partial charge in [0.15, 0.2) is 0 Å². The Kier molecular flexibility index (Phi) is 5.71. The summed E-state index contributed by atoms with van der Waals surface area (Å²) in [4.78, 5) is 35.0. The van der Waals surface area contributed by atoms with Crippen LogP contribution in [0.5, 0.6) is 0 Å². The van der Waals surface area contributed by atoms with E-state index in [2.05, 4.69) is 5.32 Å². The summed E-state index contributed by atoms with van der Waals surface area (Å²) in [5.74, 6) is -2.10. The number of urea groups is 1. The van der Waals surface area contributed by atoms with E-state index in [1.54, 1.807) is 12.1 Å². The standard InChI is InChI=1S/C14H19N3O4/c1-3-9-4-6-10(7-5-9)17(2)14(21)16-11(13(19)20)8-12(15)18/h4-7,11H,3,8H2,1-2H3,(H2,15,18)(H,16,21)(H,19,20). The number of benzene rings is 1. The summed E-state index contributed by atoms with van der Waals surface area (Å²) in [7, 11) is 1.51. The molecule has 1 atom stereocenters. The molecule has 1 unspecified atom stereocenters. The average Bonchev–Trinajstić information content (AvgIpc) is 2.45. The molecular formula is C14H19N3O4. The average molecular weight is 293 g/mol. The number of nitrogens with one attached hydrogen (secondary N) is 1. The lowest BCUT2D eigenvalue weighted by Crippen LogP contribution is -2.48. The van der Waals surface area contributed by atoms with Gasteiger partial charge in [-0.15, -0.1) is 0 Å². The number of carbonyl (C=O) groups excluding carboxylic acids is 2. The van der Waals surface area contributed by atoms with Gasteiger partial charge in [0.25, 0.3) is 0 Å². The zero-order valence-electron chi connectivity index (χ0n) is 12.0. The molecule has 0 aliphatic carbocycles. The van der Waals surface area contributed by atoms with E-state index in [4.69, 9.17) is 10.8 Å². The predicted octanol–water partition coefficient (Wildman–Crippen LogP) is 0.723. The predicted molar refractivity (Wildman–Crippen MR) is 78.0 cm³/mol. The van der Waals surface area contributed by atoms with E-state index in [0.717, 1.165) is 12.0 Å². The minimum Gasteiger partial charge on any atom is -0.480 e. The summed E-state index contributed by atoms with van der Waals surface area (Å²) in [6, 6.07) is 5.35. The number of carbonyl (C=O) groups is 3. The SMILES string of the molecule is CCc1ccc(N(C)C(=O)NC(CC(N)=O)C(=O)O)cc1. The van der Waals surface area contributed by atoms with Crippen LogP contribution in [-0.4, -0.2) is 36.1 Å². The second-order valence-corrected chi connectivity index (χ2v) is 4.59. The number of nitrogens with two attached hydrogens (primary N) is 1. The molecule has 0 heterocycles. The lowest BCUT2D eigenvalue weighted by molar-refractivity contribution is -0.140. The Hall–Kier alpha value is -2.57. The van der Waals surface area contributed by atoms with Crippen molar-refractivity contribution in [3.05, 3.63) is 29.8 Å². The highest BCUT2D eigenvalue weighted by Gasteiger charge is 2.24. The fourth-order valence-electron chi connectivity index (χ4n) is 1.72. The molecule has 1 aromatic carbocycles. The molecule has 0 aromatic heterocycles. The fraction of sp³-hybridized carbons (Fsp3) is 0.357. The Morgan fingerprint density at radius 2 is 1.86 bits per heavy atom. The summed E-state index contributed by atoms with van der Waals surface area (Å²) in [6.45, 7) is 2.02. The molecule has 114 valence electrons.